The Hall–Kier alpha value is -2.42. The van der Waals surface area contributed by atoms with E-state index >= 15 is 0 Å². The summed E-state index contributed by atoms with van der Waals surface area (Å²) in [5.41, 5.74) is 0.369. The number of fused-ring (bicyclic) bond motifs is 1. The number of carboxylic acids is 1. The Balaban J connectivity index is 1.57. The molecule has 8 nitrogen and oxygen atoms in total. The summed E-state index contributed by atoms with van der Waals surface area (Å²) >= 11 is 1.63. The van der Waals surface area contributed by atoms with Crippen molar-refractivity contribution in [3.63, 3.8) is 0 Å². The van der Waals surface area contributed by atoms with Crippen molar-refractivity contribution in [2.45, 2.75) is 12.5 Å². The Morgan fingerprint density at radius 1 is 1.28 bits per heavy atom. The summed E-state index contributed by atoms with van der Waals surface area (Å²) in [6.07, 6.45) is -0.0884. The van der Waals surface area contributed by atoms with Gasteiger partial charge in [-0.2, -0.15) is 11.8 Å². The Morgan fingerprint density at radius 3 is 2.88 bits per heavy atom. The van der Waals surface area contributed by atoms with Crippen LogP contribution in [-0.2, 0) is 9.59 Å². The lowest BCUT2D eigenvalue weighted by Gasteiger charge is -2.34. The number of carboxylic acid groups (broad SMARTS) is 1. The van der Waals surface area contributed by atoms with E-state index in [1.54, 1.807) is 34.9 Å². The number of hydrogen-bond acceptors (Lipinski definition) is 6. The highest BCUT2D eigenvalue weighted by Crippen LogP contribution is 2.32. The molecule has 2 aliphatic heterocycles. The van der Waals surface area contributed by atoms with Crippen molar-refractivity contribution in [3.8, 4) is 11.5 Å². The third-order valence-corrected chi connectivity index (χ3v) is 5.08. The summed E-state index contributed by atoms with van der Waals surface area (Å²) in [5, 5.41) is 11.6. The number of hydrogen-bond donors (Lipinski definition) is 2. The molecule has 1 saturated heterocycles. The minimum Gasteiger partial charge on any atom is -0.481 e. The molecule has 2 amide bonds. The number of aliphatic carboxylic acids is 1. The van der Waals surface area contributed by atoms with Gasteiger partial charge in [-0.1, -0.05) is 0 Å². The summed E-state index contributed by atoms with van der Waals surface area (Å²) in [7, 11) is 0. The van der Waals surface area contributed by atoms with Crippen molar-refractivity contribution in [1.29, 1.82) is 0 Å². The highest BCUT2D eigenvalue weighted by molar-refractivity contribution is 7.99. The maximum Gasteiger partial charge on any atom is 0.305 e. The zero-order valence-electron chi connectivity index (χ0n) is 13.4. The van der Waals surface area contributed by atoms with E-state index in [4.69, 9.17) is 14.6 Å². The molecule has 1 fully saturated rings. The average molecular weight is 366 g/mol. The van der Waals surface area contributed by atoms with Gasteiger partial charge in [0.25, 0.3) is 5.91 Å². The van der Waals surface area contributed by atoms with Crippen molar-refractivity contribution in [2.75, 3.05) is 31.4 Å². The normalized spacial score (nSPS) is 18.7. The van der Waals surface area contributed by atoms with E-state index in [1.165, 1.54) is 0 Å². The van der Waals surface area contributed by atoms with Gasteiger partial charge in [-0.15, -0.1) is 0 Å². The molecule has 1 aromatic carbocycles. The molecule has 0 spiro atoms. The van der Waals surface area contributed by atoms with Gasteiger partial charge in [0, 0.05) is 23.6 Å². The topological polar surface area (TPSA) is 105 Å². The fourth-order valence-electron chi connectivity index (χ4n) is 2.75. The van der Waals surface area contributed by atoms with Gasteiger partial charge in [-0.3, -0.25) is 14.4 Å². The number of nitrogens with one attached hydrogen (secondary N) is 1. The smallest absolute Gasteiger partial charge is 0.305 e. The summed E-state index contributed by atoms with van der Waals surface area (Å²) in [6, 6.07) is 4.46. The molecule has 0 aliphatic carbocycles. The predicted octanol–water partition coefficient (Wildman–Crippen LogP) is 0.564. The molecule has 2 aliphatic rings. The molecule has 3 rings (SSSR count). The first-order valence-corrected chi connectivity index (χ1v) is 8.97. The quantitative estimate of drug-likeness (QED) is 0.785. The first kappa shape index (κ1) is 17.4. The predicted molar refractivity (Wildman–Crippen MR) is 90.0 cm³/mol. The maximum absolute atomic E-state index is 12.4. The van der Waals surface area contributed by atoms with Gasteiger partial charge in [0.05, 0.1) is 19.0 Å². The van der Waals surface area contributed by atoms with Gasteiger partial charge in [0.1, 0.15) is 0 Å². The Labute approximate surface area is 148 Å². The molecule has 9 heteroatoms. The van der Waals surface area contributed by atoms with E-state index in [0.717, 1.165) is 5.75 Å². The zero-order chi connectivity index (χ0) is 17.8. The van der Waals surface area contributed by atoms with Crippen LogP contribution in [0.1, 0.15) is 16.8 Å². The molecule has 0 saturated carbocycles. The van der Waals surface area contributed by atoms with Crippen LogP contribution in [0.25, 0.3) is 0 Å². The summed E-state index contributed by atoms with van der Waals surface area (Å²) < 4.78 is 10.4. The maximum atomic E-state index is 12.4. The van der Waals surface area contributed by atoms with E-state index in [1.807, 2.05) is 0 Å². The number of amides is 2. The van der Waals surface area contributed by atoms with E-state index in [-0.39, 0.29) is 31.7 Å². The second-order valence-corrected chi connectivity index (χ2v) is 6.81. The Bertz CT molecular complexity index is 695. The van der Waals surface area contributed by atoms with Crippen LogP contribution in [0.4, 0.5) is 0 Å². The molecule has 0 aromatic heterocycles. The van der Waals surface area contributed by atoms with Crippen molar-refractivity contribution in [1.82, 2.24) is 10.2 Å². The molecule has 134 valence electrons. The van der Waals surface area contributed by atoms with Crippen LogP contribution >= 0.6 is 11.8 Å². The number of ether oxygens (including phenoxy) is 2. The largest absolute Gasteiger partial charge is 0.481 e. The van der Waals surface area contributed by atoms with Crippen LogP contribution in [0.3, 0.4) is 0 Å². The number of rotatable bonds is 5. The molecule has 0 radical (unpaired) electrons. The average Bonchev–Trinajstić information content (AvgIpc) is 3.07. The van der Waals surface area contributed by atoms with Crippen LogP contribution in [0.2, 0.25) is 0 Å². The lowest BCUT2D eigenvalue weighted by molar-refractivity contribution is -0.140. The lowest BCUT2D eigenvalue weighted by Crippen LogP contribution is -2.50. The minimum absolute atomic E-state index is 0.0884. The van der Waals surface area contributed by atoms with Crippen molar-refractivity contribution < 1.29 is 29.0 Å². The zero-order valence-corrected chi connectivity index (χ0v) is 14.2. The molecule has 0 bridgehead atoms. The third-order valence-electron chi connectivity index (χ3n) is 3.99. The number of carbonyl (C=O) groups is 3. The van der Waals surface area contributed by atoms with Crippen LogP contribution in [-0.4, -0.2) is 65.2 Å². The first-order chi connectivity index (χ1) is 12.0. The van der Waals surface area contributed by atoms with E-state index < -0.39 is 11.9 Å². The SMILES string of the molecule is O=C(O)CC1CSCCN1C(=O)CNC(=O)c1ccc2c(c1)OCO2. The number of nitrogens with zero attached hydrogens (tertiary/aromatic N) is 1. The van der Waals surface area contributed by atoms with E-state index in [2.05, 4.69) is 5.32 Å². The van der Waals surface area contributed by atoms with Gasteiger partial charge in [0.2, 0.25) is 12.7 Å². The van der Waals surface area contributed by atoms with Crippen molar-refractivity contribution in [2.24, 2.45) is 0 Å². The Kier molecular flexibility index (Phi) is 5.32. The molecule has 2 N–H and O–H groups in total. The third kappa shape index (κ3) is 4.16. The summed E-state index contributed by atoms with van der Waals surface area (Å²) in [4.78, 5) is 37.1. The van der Waals surface area contributed by atoms with E-state index in [9.17, 15) is 14.4 Å². The second-order valence-electron chi connectivity index (χ2n) is 5.66. The molecule has 2 heterocycles. The van der Waals surface area contributed by atoms with Gasteiger partial charge < -0.3 is 24.8 Å². The Morgan fingerprint density at radius 2 is 2.08 bits per heavy atom. The van der Waals surface area contributed by atoms with Gasteiger partial charge in [-0.25, -0.2) is 0 Å². The van der Waals surface area contributed by atoms with Crippen molar-refractivity contribution in [3.05, 3.63) is 23.8 Å². The fourth-order valence-corrected chi connectivity index (χ4v) is 3.81. The number of thioether (sulfide) groups is 1. The molecular weight excluding hydrogens is 348 g/mol. The second kappa shape index (κ2) is 7.64. The first-order valence-electron chi connectivity index (χ1n) is 7.81. The lowest BCUT2D eigenvalue weighted by atomic mass is 10.1. The molecule has 25 heavy (non-hydrogen) atoms. The number of benzene rings is 1. The molecule has 1 aromatic rings. The van der Waals surface area contributed by atoms with Gasteiger partial charge >= 0.3 is 5.97 Å². The van der Waals surface area contributed by atoms with E-state index in [0.29, 0.717) is 29.4 Å². The monoisotopic (exact) mass is 366 g/mol. The van der Waals surface area contributed by atoms with Crippen LogP contribution in [0, 0.1) is 0 Å². The van der Waals surface area contributed by atoms with Crippen LogP contribution in [0.15, 0.2) is 18.2 Å². The summed E-state index contributed by atoms with van der Waals surface area (Å²) in [5.74, 6) is 0.818. The minimum atomic E-state index is -0.935. The highest BCUT2D eigenvalue weighted by Gasteiger charge is 2.29. The van der Waals surface area contributed by atoms with Crippen LogP contribution in [0.5, 0.6) is 11.5 Å². The molecular formula is C16H18N2O6S. The summed E-state index contributed by atoms with van der Waals surface area (Å²) in [6.45, 7) is 0.437. The van der Waals surface area contributed by atoms with Gasteiger partial charge in [0.15, 0.2) is 11.5 Å². The standard InChI is InChI=1S/C16H18N2O6S/c19-14(18-3-4-25-8-11(18)6-15(20)21)7-17-16(22)10-1-2-12-13(5-10)24-9-23-12/h1-2,5,11H,3-4,6-9H2,(H,17,22)(H,20,21). The van der Waals surface area contributed by atoms with Gasteiger partial charge in [-0.05, 0) is 18.2 Å². The van der Waals surface area contributed by atoms with Crippen molar-refractivity contribution >= 4 is 29.5 Å². The number of carbonyl (C=O) groups excluding carboxylic acids is 2. The molecule has 1 unspecified atom stereocenters. The van der Waals surface area contributed by atoms with Crippen LogP contribution < -0.4 is 14.8 Å². The molecule has 1 atom stereocenters. The fraction of sp³-hybridized carbons (Fsp3) is 0.438. The highest BCUT2D eigenvalue weighted by atomic mass is 32.2.